The minimum absolute atomic E-state index is 0.0228. The predicted molar refractivity (Wildman–Crippen MR) is 64.3 cm³/mol. The van der Waals surface area contributed by atoms with Crippen molar-refractivity contribution in [3.63, 3.8) is 0 Å². The Kier molecular flexibility index (Phi) is 3.42. The Labute approximate surface area is 100 Å². The standard InChI is InChI=1S/C11H18N2O2S/c1-7-11(15)13(8(2)10(14)12-7)9-3-5-16-6-4-9/h7-9H,3-6H2,1-2H3,(H,12,14). The minimum Gasteiger partial charge on any atom is -0.343 e. The van der Waals surface area contributed by atoms with E-state index in [2.05, 4.69) is 5.32 Å². The van der Waals surface area contributed by atoms with Gasteiger partial charge in [0, 0.05) is 6.04 Å². The van der Waals surface area contributed by atoms with E-state index in [4.69, 9.17) is 0 Å². The van der Waals surface area contributed by atoms with Crippen LogP contribution in [0.3, 0.4) is 0 Å². The molecule has 16 heavy (non-hydrogen) atoms. The number of nitrogens with zero attached hydrogens (tertiary/aromatic N) is 1. The zero-order valence-electron chi connectivity index (χ0n) is 9.73. The van der Waals surface area contributed by atoms with Crippen molar-refractivity contribution >= 4 is 23.6 Å². The van der Waals surface area contributed by atoms with Gasteiger partial charge in [0.05, 0.1) is 0 Å². The van der Waals surface area contributed by atoms with Crippen molar-refractivity contribution in [2.24, 2.45) is 0 Å². The first-order valence-electron chi connectivity index (χ1n) is 5.81. The zero-order valence-corrected chi connectivity index (χ0v) is 10.5. The lowest BCUT2D eigenvalue weighted by Crippen LogP contribution is -2.64. The summed E-state index contributed by atoms with van der Waals surface area (Å²) in [4.78, 5) is 25.6. The third-order valence-corrected chi connectivity index (χ3v) is 4.41. The van der Waals surface area contributed by atoms with Gasteiger partial charge >= 0.3 is 0 Å². The van der Waals surface area contributed by atoms with Crippen LogP contribution in [-0.2, 0) is 9.59 Å². The van der Waals surface area contributed by atoms with Gasteiger partial charge < -0.3 is 10.2 Å². The van der Waals surface area contributed by atoms with E-state index in [1.54, 1.807) is 6.92 Å². The molecule has 0 bridgehead atoms. The monoisotopic (exact) mass is 242 g/mol. The van der Waals surface area contributed by atoms with Gasteiger partial charge in [0.15, 0.2) is 0 Å². The molecule has 0 aromatic carbocycles. The molecule has 0 aromatic heterocycles. The number of hydrogen-bond acceptors (Lipinski definition) is 3. The van der Waals surface area contributed by atoms with Crippen LogP contribution in [0.1, 0.15) is 26.7 Å². The smallest absolute Gasteiger partial charge is 0.245 e. The van der Waals surface area contributed by atoms with E-state index in [1.165, 1.54) is 0 Å². The van der Waals surface area contributed by atoms with E-state index in [1.807, 2.05) is 23.6 Å². The molecule has 4 nitrogen and oxygen atoms in total. The molecule has 2 atom stereocenters. The van der Waals surface area contributed by atoms with Gasteiger partial charge in [0.25, 0.3) is 0 Å². The Balaban J connectivity index is 2.14. The van der Waals surface area contributed by atoms with Crippen LogP contribution >= 0.6 is 11.8 Å². The lowest BCUT2D eigenvalue weighted by atomic mass is 10.0. The topological polar surface area (TPSA) is 49.4 Å². The maximum Gasteiger partial charge on any atom is 0.245 e. The largest absolute Gasteiger partial charge is 0.343 e. The summed E-state index contributed by atoms with van der Waals surface area (Å²) in [6.07, 6.45) is 2.03. The Morgan fingerprint density at radius 3 is 2.50 bits per heavy atom. The van der Waals surface area contributed by atoms with Gasteiger partial charge in [-0.1, -0.05) is 0 Å². The van der Waals surface area contributed by atoms with Crippen molar-refractivity contribution in [3.8, 4) is 0 Å². The summed E-state index contributed by atoms with van der Waals surface area (Å²) in [6.45, 7) is 3.58. The Morgan fingerprint density at radius 2 is 1.88 bits per heavy atom. The number of carbonyl (C=O) groups is 2. The van der Waals surface area contributed by atoms with Crippen LogP contribution in [-0.4, -0.2) is 46.3 Å². The van der Waals surface area contributed by atoms with Crippen LogP contribution in [0.2, 0.25) is 0 Å². The number of thioether (sulfide) groups is 1. The van der Waals surface area contributed by atoms with Gasteiger partial charge in [0.2, 0.25) is 11.8 Å². The summed E-state index contributed by atoms with van der Waals surface area (Å²) < 4.78 is 0. The lowest BCUT2D eigenvalue weighted by Gasteiger charge is -2.42. The Morgan fingerprint density at radius 1 is 1.25 bits per heavy atom. The SMILES string of the molecule is CC1NC(=O)C(C)N(C2CCSCC2)C1=O. The van der Waals surface area contributed by atoms with E-state index in [0.717, 1.165) is 24.3 Å². The van der Waals surface area contributed by atoms with Crippen molar-refractivity contribution in [2.75, 3.05) is 11.5 Å². The summed E-state index contributed by atoms with van der Waals surface area (Å²) in [5.41, 5.74) is 0. The second kappa shape index (κ2) is 4.65. The van der Waals surface area contributed by atoms with Crippen molar-refractivity contribution in [1.29, 1.82) is 0 Å². The molecule has 2 unspecified atom stereocenters. The molecule has 0 spiro atoms. The van der Waals surface area contributed by atoms with Crippen LogP contribution in [0, 0.1) is 0 Å². The number of amides is 2. The molecule has 2 amide bonds. The number of nitrogens with one attached hydrogen (secondary N) is 1. The molecule has 0 radical (unpaired) electrons. The van der Waals surface area contributed by atoms with Crippen LogP contribution in [0.4, 0.5) is 0 Å². The summed E-state index contributed by atoms with van der Waals surface area (Å²) in [6, 6.07) is -0.410. The Hall–Kier alpha value is -0.710. The number of carbonyl (C=O) groups excluding carboxylic acids is 2. The van der Waals surface area contributed by atoms with E-state index >= 15 is 0 Å². The Bertz CT molecular complexity index is 302. The van der Waals surface area contributed by atoms with E-state index < -0.39 is 0 Å². The summed E-state index contributed by atoms with van der Waals surface area (Å²) in [7, 11) is 0. The number of hydrogen-bond donors (Lipinski definition) is 1. The minimum atomic E-state index is -0.363. The average molecular weight is 242 g/mol. The zero-order chi connectivity index (χ0) is 11.7. The normalized spacial score (nSPS) is 32.8. The highest BCUT2D eigenvalue weighted by Gasteiger charge is 2.39. The highest BCUT2D eigenvalue weighted by molar-refractivity contribution is 7.99. The van der Waals surface area contributed by atoms with Gasteiger partial charge in [-0.2, -0.15) is 11.8 Å². The van der Waals surface area contributed by atoms with E-state index in [0.29, 0.717) is 0 Å². The van der Waals surface area contributed by atoms with Crippen molar-refractivity contribution in [2.45, 2.75) is 44.8 Å². The van der Waals surface area contributed by atoms with Crippen molar-refractivity contribution in [1.82, 2.24) is 10.2 Å². The van der Waals surface area contributed by atoms with Gasteiger partial charge in [-0.15, -0.1) is 0 Å². The van der Waals surface area contributed by atoms with Gasteiger partial charge in [-0.25, -0.2) is 0 Å². The molecule has 5 heteroatoms. The van der Waals surface area contributed by atoms with Crippen LogP contribution < -0.4 is 5.32 Å². The maximum atomic E-state index is 12.1. The molecule has 2 fully saturated rings. The van der Waals surface area contributed by atoms with Crippen LogP contribution in [0.25, 0.3) is 0 Å². The van der Waals surface area contributed by atoms with Gasteiger partial charge in [0.1, 0.15) is 12.1 Å². The van der Waals surface area contributed by atoms with Crippen LogP contribution in [0.5, 0.6) is 0 Å². The number of rotatable bonds is 1. The lowest BCUT2D eigenvalue weighted by molar-refractivity contribution is -0.151. The molecule has 0 aliphatic carbocycles. The first-order chi connectivity index (χ1) is 7.61. The van der Waals surface area contributed by atoms with E-state index in [-0.39, 0.29) is 29.9 Å². The van der Waals surface area contributed by atoms with E-state index in [9.17, 15) is 9.59 Å². The van der Waals surface area contributed by atoms with Crippen molar-refractivity contribution in [3.05, 3.63) is 0 Å². The molecule has 2 heterocycles. The highest BCUT2D eigenvalue weighted by atomic mass is 32.2. The third kappa shape index (κ3) is 2.05. The fourth-order valence-corrected chi connectivity index (χ4v) is 3.48. The molecule has 2 aliphatic rings. The first kappa shape index (κ1) is 11.8. The second-order valence-electron chi connectivity index (χ2n) is 4.50. The quantitative estimate of drug-likeness (QED) is 0.733. The molecular formula is C11H18N2O2S. The molecule has 0 aromatic rings. The third-order valence-electron chi connectivity index (χ3n) is 3.36. The summed E-state index contributed by atoms with van der Waals surface area (Å²) >= 11 is 1.93. The first-order valence-corrected chi connectivity index (χ1v) is 6.97. The predicted octanol–water partition coefficient (Wildman–Crippen LogP) is 0.617. The molecule has 90 valence electrons. The summed E-state index contributed by atoms with van der Waals surface area (Å²) in [5, 5.41) is 2.71. The molecular weight excluding hydrogens is 224 g/mol. The maximum absolute atomic E-state index is 12.1. The van der Waals surface area contributed by atoms with Gasteiger partial charge in [-0.3, -0.25) is 9.59 Å². The number of piperazine rings is 1. The highest BCUT2D eigenvalue weighted by Crippen LogP contribution is 2.25. The van der Waals surface area contributed by atoms with Crippen LogP contribution in [0.15, 0.2) is 0 Å². The molecule has 2 rings (SSSR count). The fraction of sp³-hybridized carbons (Fsp3) is 0.818. The summed E-state index contributed by atoms with van der Waals surface area (Å²) in [5.74, 6) is 2.24. The average Bonchev–Trinajstić information content (AvgIpc) is 2.28. The van der Waals surface area contributed by atoms with Crippen molar-refractivity contribution < 1.29 is 9.59 Å². The molecule has 0 saturated carbocycles. The van der Waals surface area contributed by atoms with Gasteiger partial charge in [-0.05, 0) is 38.2 Å². The second-order valence-corrected chi connectivity index (χ2v) is 5.72. The molecule has 2 aliphatic heterocycles. The molecule has 2 saturated heterocycles. The molecule has 1 N–H and O–H groups in total. The fourth-order valence-electron chi connectivity index (χ4n) is 2.40.